The number of hydrogen-bond donors (Lipinski definition) is 7. The normalized spacial score (nSPS) is 20.5. The molecule has 1 aliphatic heterocycles. The second kappa shape index (κ2) is 36.5. The fourth-order valence-corrected chi connectivity index (χ4v) is 9.40. The molecular weight excluding hydrogens is 964 g/mol. The minimum absolute atomic E-state index is 0.0314. The highest BCUT2D eigenvalue weighted by Crippen LogP contribution is 2.60. The van der Waals surface area contributed by atoms with Gasteiger partial charge in [-0.25, -0.2) is 13.9 Å². The molecule has 71 heavy (non-hydrogen) atoms. The Morgan fingerprint density at radius 1 is 0.746 bits per heavy atom. The van der Waals surface area contributed by atoms with Crippen LogP contribution in [-0.2, 0) is 46.3 Å². The van der Waals surface area contributed by atoms with Crippen LogP contribution in [-0.4, -0.2) is 108 Å². The fourth-order valence-electron chi connectivity index (χ4n) is 7.29. The molecular formula is C49H83N3O17P2. The van der Waals surface area contributed by atoms with Gasteiger partial charge in [-0.05, 0) is 63.4 Å². The number of nitrogens with two attached hydrogens (primary N) is 1. The first kappa shape index (κ1) is 63.8. The third kappa shape index (κ3) is 29.8. The van der Waals surface area contributed by atoms with E-state index in [4.69, 9.17) is 29.0 Å². The third-order valence-corrected chi connectivity index (χ3v) is 13.9. The molecule has 2 rings (SSSR count). The van der Waals surface area contributed by atoms with Crippen LogP contribution in [0, 0.1) is 5.92 Å². The maximum atomic E-state index is 12.9. The van der Waals surface area contributed by atoms with Gasteiger partial charge in [-0.3, -0.25) is 23.2 Å². The zero-order valence-electron chi connectivity index (χ0n) is 41.9. The van der Waals surface area contributed by atoms with Crippen LogP contribution in [0.25, 0.3) is 0 Å². The second-order valence-corrected chi connectivity index (χ2v) is 21.1. The van der Waals surface area contributed by atoms with Crippen molar-refractivity contribution in [2.24, 2.45) is 5.92 Å². The second-order valence-electron chi connectivity index (χ2n) is 18.1. The zero-order valence-corrected chi connectivity index (χ0v) is 43.7. The van der Waals surface area contributed by atoms with E-state index in [1.807, 2.05) is 18.2 Å². The molecule has 1 aliphatic rings. The van der Waals surface area contributed by atoms with Gasteiger partial charge in [0.15, 0.2) is 12.3 Å². The number of hydrogen-bond acceptors (Lipinski definition) is 17. The lowest BCUT2D eigenvalue weighted by molar-refractivity contribution is -0.161. The van der Waals surface area contributed by atoms with Crippen molar-refractivity contribution in [2.45, 2.75) is 198 Å². The number of allylic oxidation sites excluding steroid dienone is 7. The Morgan fingerprint density at radius 3 is 1.89 bits per heavy atom. The van der Waals surface area contributed by atoms with Crippen molar-refractivity contribution in [3.05, 3.63) is 71.4 Å². The summed E-state index contributed by atoms with van der Waals surface area (Å²) < 4.78 is 56.5. The molecule has 0 spiro atoms. The summed E-state index contributed by atoms with van der Waals surface area (Å²) in [6.45, 7) is 4.04. The molecule has 22 heteroatoms. The minimum Gasteiger partial charge on any atom is -0.462 e. The number of aromatic nitrogens is 2. The van der Waals surface area contributed by atoms with Crippen LogP contribution >= 0.6 is 15.6 Å². The van der Waals surface area contributed by atoms with Crippen molar-refractivity contribution in [3.8, 4) is 0 Å². The van der Waals surface area contributed by atoms with E-state index < -0.39 is 95.9 Å². The van der Waals surface area contributed by atoms with Gasteiger partial charge in [-0.2, -0.15) is 9.29 Å². The molecule has 2 unspecified atom stereocenters. The van der Waals surface area contributed by atoms with E-state index in [2.05, 4.69) is 54.4 Å². The predicted molar refractivity (Wildman–Crippen MR) is 268 cm³/mol. The summed E-state index contributed by atoms with van der Waals surface area (Å²) in [7, 11) is -11.0. The average molecular weight is 1050 g/mol. The number of nitrogen functional groups attached to an aromatic ring is 1. The summed E-state index contributed by atoms with van der Waals surface area (Å²) in [6, 6.07) is 1.23. The highest BCUT2D eigenvalue weighted by Gasteiger charge is 2.46. The lowest BCUT2D eigenvalue weighted by atomic mass is 10.0. The number of anilines is 1. The number of carbonyl (C=O) groups is 2. The molecule has 0 radical (unpaired) electrons. The maximum absolute atomic E-state index is 12.9. The summed E-state index contributed by atoms with van der Waals surface area (Å²) >= 11 is 0. The van der Waals surface area contributed by atoms with Gasteiger partial charge in [0, 0.05) is 19.0 Å². The summed E-state index contributed by atoms with van der Waals surface area (Å²) in [5.74, 6) is -0.849. The Hall–Kier alpha value is -3.36. The standard InChI is InChI=1S/C49H83N3O17P2/c1-4-5-6-7-8-9-10-13-16-19-22-25-29-40(53)41(54)30-27-32-45(56)67-39(35-64-44(55)31-26-23-20-17-14-11-12-15-18-21-24-28-38(2)3)36-65-70(60,61)69-71(62,63)66-37-42-46(57)47(58)48(68-42)52-34-33-43(50)51-49(52)59/h5-6,8-9,13,16,22,25,33-34,38-42,46-48,53-54,57-58H,4,7,10-12,14-15,17-21,23-24,26-32,35-37H2,1-3H3,(H,60,61)(H,62,63)(H2,50,51,59)/b6-5-,9-8-,16-13-,25-22-/t39-,40-,41-,42-,46-,47-,48-/m1/s1. The summed E-state index contributed by atoms with van der Waals surface area (Å²) in [6.07, 6.45) is 23.7. The van der Waals surface area contributed by atoms with Gasteiger partial charge in [0.25, 0.3) is 0 Å². The molecule has 2 heterocycles. The van der Waals surface area contributed by atoms with Crippen LogP contribution in [0.4, 0.5) is 5.82 Å². The van der Waals surface area contributed by atoms with Gasteiger partial charge in [-0.1, -0.05) is 140 Å². The molecule has 0 saturated carbocycles. The highest BCUT2D eigenvalue weighted by atomic mass is 31.3. The van der Waals surface area contributed by atoms with E-state index in [0.29, 0.717) is 12.8 Å². The van der Waals surface area contributed by atoms with Gasteiger partial charge in [-0.15, -0.1) is 0 Å². The summed E-state index contributed by atoms with van der Waals surface area (Å²) in [5.41, 5.74) is 4.56. The average Bonchev–Trinajstić information content (AvgIpc) is 3.59. The van der Waals surface area contributed by atoms with Gasteiger partial charge >= 0.3 is 33.3 Å². The number of phosphoric acid groups is 2. The number of carbonyl (C=O) groups excluding carboxylic acids is 2. The largest absolute Gasteiger partial charge is 0.481 e. The number of unbranched alkanes of at least 4 members (excludes halogenated alkanes) is 10. The number of aliphatic hydroxyl groups excluding tert-OH is 4. The zero-order chi connectivity index (χ0) is 52.5. The molecule has 0 bridgehead atoms. The van der Waals surface area contributed by atoms with Crippen LogP contribution in [0.15, 0.2) is 65.7 Å². The number of phosphoric ester groups is 2. The van der Waals surface area contributed by atoms with Crippen LogP contribution < -0.4 is 11.4 Å². The lowest BCUT2D eigenvalue weighted by Gasteiger charge is -2.22. The Bertz CT molecular complexity index is 1930. The molecule has 20 nitrogen and oxygen atoms in total. The number of esters is 2. The van der Waals surface area contributed by atoms with Crippen LogP contribution in [0.2, 0.25) is 0 Å². The lowest BCUT2D eigenvalue weighted by Crippen LogP contribution is -2.36. The van der Waals surface area contributed by atoms with Gasteiger partial charge in [0.1, 0.15) is 30.7 Å². The summed E-state index contributed by atoms with van der Waals surface area (Å²) in [4.78, 5) is 61.9. The molecule has 406 valence electrons. The van der Waals surface area contributed by atoms with Gasteiger partial charge < -0.3 is 50.2 Å². The van der Waals surface area contributed by atoms with Crippen molar-refractivity contribution in [1.29, 1.82) is 0 Å². The Morgan fingerprint density at radius 2 is 1.30 bits per heavy atom. The molecule has 0 aliphatic carbocycles. The van der Waals surface area contributed by atoms with E-state index in [0.717, 1.165) is 61.6 Å². The molecule has 9 atom stereocenters. The molecule has 1 aromatic rings. The Labute approximate surface area is 419 Å². The predicted octanol–water partition coefficient (Wildman–Crippen LogP) is 7.96. The van der Waals surface area contributed by atoms with E-state index in [1.165, 1.54) is 51.0 Å². The first-order chi connectivity index (χ1) is 33.8. The maximum Gasteiger partial charge on any atom is 0.481 e. The Kier molecular flexibility index (Phi) is 32.8. The molecule has 1 aromatic heterocycles. The smallest absolute Gasteiger partial charge is 0.462 e. The fraction of sp³-hybridized carbons (Fsp3) is 0.714. The van der Waals surface area contributed by atoms with Crippen molar-refractivity contribution >= 4 is 33.4 Å². The minimum atomic E-state index is -5.50. The van der Waals surface area contributed by atoms with Crippen LogP contribution in [0.5, 0.6) is 0 Å². The van der Waals surface area contributed by atoms with E-state index >= 15 is 0 Å². The number of nitrogens with zero attached hydrogens (tertiary/aromatic N) is 2. The van der Waals surface area contributed by atoms with Gasteiger partial charge in [0.05, 0.1) is 25.4 Å². The van der Waals surface area contributed by atoms with E-state index in [1.54, 1.807) is 6.08 Å². The SMILES string of the molecule is CC/C=C\C/C=C\C/C=C\C/C=C\C[C@@H](O)[C@H](O)CCCC(=O)O[C@H](COC(=O)CCCCCCCCCCCCCC(C)C)COP(=O)(O)OP(=O)(O)OC[C@H]1O[C@@H](n2ccc(N)nc2=O)[C@H](O)[C@@H]1O. The van der Waals surface area contributed by atoms with Crippen molar-refractivity contribution < 1.29 is 76.5 Å². The number of aliphatic hydroxyl groups is 4. The van der Waals surface area contributed by atoms with Crippen LogP contribution in [0.3, 0.4) is 0 Å². The quantitative estimate of drug-likeness (QED) is 0.0142. The molecule has 0 aromatic carbocycles. The van der Waals surface area contributed by atoms with E-state index in [-0.39, 0.29) is 37.9 Å². The molecule has 1 fully saturated rings. The molecule has 0 amide bonds. The van der Waals surface area contributed by atoms with Crippen LogP contribution in [0.1, 0.15) is 162 Å². The first-order valence-corrected chi connectivity index (χ1v) is 28.2. The van der Waals surface area contributed by atoms with Crippen molar-refractivity contribution in [1.82, 2.24) is 9.55 Å². The Balaban J connectivity index is 1.88. The third-order valence-electron chi connectivity index (χ3n) is 11.3. The summed E-state index contributed by atoms with van der Waals surface area (Å²) in [5, 5.41) is 41.8. The number of rotatable bonds is 40. The first-order valence-electron chi connectivity index (χ1n) is 25.2. The topological polar surface area (TPSA) is 306 Å². The molecule has 1 saturated heterocycles. The number of ether oxygens (including phenoxy) is 3. The van der Waals surface area contributed by atoms with Crippen molar-refractivity contribution in [3.63, 3.8) is 0 Å². The van der Waals surface area contributed by atoms with Crippen molar-refractivity contribution in [2.75, 3.05) is 25.6 Å². The molecule has 8 N–H and O–H groups in total. The van der Waals surface area contributed by atoms with Gasteiger partial charge in [0.2, 0.25) is 0 Å². The van der Waals surface area contributed by atoms with E-state index in [9.17, 15) is 53.7 Å². The highest BCUT2D eigenvalue weighted by molar-refractivity contribution is 7.61. The monoisotopic (exact) mass is 1050 g/mol.